The second kappa shape index (κ2) is 5.61. The van der Waals surface area contributed by atoms with E-state index in [4.69, 9.17) is 5.73 Å². The summed E-state index contributed by atoms with van der Waals surface area (Å²) in [5, 5.41) is 6.87. The lowest BCUT2D eigenvalue weighted by molar-refractivity contribution is 0.630. The summed E-state index contributed by atoms with van der Waals surface area (Å²) in [6.45, 7) is 0. The molecule has 106 valence electrons. The van der Waals surface area contributed by atoms with Crippen LogP contribution in [0.25, 0.3) is 22.4 Å². The Labute approximate surface area is 137 Å². The number of hydrogen-bond donors (Lipinski definition) is 2. The van der Waals surface area contributed by atoms with Gasteiger partial charge in [0.05, 0.1) is 16.8 Å². The number of nitrogens with one attached hydrogen (secondary N) is 1. The van der Waals surface area contributed by atoms with Crippen molar-refractivity contribution in [1.82, 2.24) is 10.2 Å². The van der Waals surface area contributed by atoms with Gasteiger partial charge in [-0.15, -0.1) is 0 Å². The number of aromatic amines is 1. The van der Waals surface area contributed by atoms with Crippen LogP contribution in [0.2, 0.25) is 0 Å². The first-order valence-electron chi connectivity index (χ1n) is 6.12. The molecule has 2 aromatic carbocycles. The molecule has 0 aliphatic heterocycles. The Hall–Kier alpha value is -1.66. The average molecular weight is 411 g/mol. The Balaban J connectivity index is 2.31. The first-order valence-corrected chi connectivity index (χ1v) is 7.71. The maximum absolute atomic E-state index is 14.2. The number of halogens is 3. The van der Waals surface area contributed by atoms with E-state index in [9.17, 15) is 4.39 Å². The molecule has 0 bridgehead atoms. The maximum atomic E-state index is 14.2. The van der Waals surface area contributed by atoms with Crippen molar-refractivity contribution < 1.29 is 4.39 Å². The van der Waals surface area contributed by atoms with Crippen molar-refractivity contribution in [1.29, 1.82) is 0 Å². The summed E-state index contributed by atoms with van der Waals surface area (Å²) in [6, 6.07) is 12.4. The van der Waals surface area contributed by atoms with E-state index in [1.54, 1.807) is 12.1 Å². The molecule has 0 saturated carbocycles. The van der Waals surface area contributed by atoms with Crippen molar-refractivity contribution in [3.8, 4) is 22.4 Å². The van der Waals surface area contributed by atoms with Gasteiger partial charge in [-0.25, -0.2) is 4.39 Å². The van der Waals surface area contributed by atoms with Gasteiger partial charge in [0.2, 0.25) is 0 Å². The highest BCUT2D eigenvalue weighted by atomic mass is 79.9. The van der Waals surface area contributed by atoms with E-state index >= 15 is 0 Å². The summed E-state index contributed by atoms with van der Waals surface area (Å²) in [6.07, 6.45) is 0. The summed E-state index contributed by atoms with van der Waals surface area (Å²) in [7, 11) is 0. The van der Waals surface area contributed by atoms with E-state index in [-0.39, 0.29) is 5.82 Å². The molecule has 21 heavy (non-hydrogen) atoms. The van der Waals surface area contributed by atoms with Gasteiger partial charge in [0.1, 0.15) is 5.82 Å². The molecule has 0 unspecified atom stereocenters. The predicted molar refractivity (Wildman–Crippen MR) is 89.2 cm³/mol. The number of benzene rings is 2. The molecular formula is C15H10Br2FN3. The number of nitrogens with zero attached hydrogens (tertiary/aromatic N) is 1. The Kier molecular flexibility index (Phi) is 3.82. The number of anilines is 1. The molecule has 0 saturated heterocycles. The molecule has 3 nitrogen and oxygen atoms in total. The van der Waals surface area contributed by atoms with Crippen molar-refractivity contribution in [3.63, 3.8) is 0 Å². The van der Waals surface area contributed by atoms with Crippen molar-refractivity contribution in [2.45, 2.75) is 0 Å². The second-order valence-electron chi connectivity index (χ2n) is 4.44. The van der Waals surface area contributed by atoms with Gasteiger partial charge in [0.25, 0.3) is 0 Å². The van der Waals surface area contributed by atoms with Crippen molar-refractivity contribution >= 4 is 37.7 Å². The molecule has 1 heterocycles. The minimum absolute atomic E-state index is 0.326. The lowest BCUT2D eigenvalue weighted by Crippen LogP contribution is -1.92. The highest BCUT2D eigenvalue weighted by Crippen LogP contribution is 2.41. The molecule has 6 heteroatoms. The van der Waals surface area contributed by atoms with Crippen LogP contribution < -0.4 is 5.73 Å². The van der Waals surface area contributed by atoms with Crippen molar-refractivity contribution in [2.24, 2.45) is 0 Å². The lowest BCUT2D eigenvalue weighted by Gasteiger charge is -2.09. The van der Waals surface area contributed by atoms with Gasteiger partial charge < -0.3 is 5.73 Å². The van der Waals surface area contributed by atoms with Crippen molar-refractivity contribution in [2.75, 3.05) is 5.73 Å². The van der Waals surface area contributed by atoms with E-state index in [2.05, 4.69) is 42.1 Å². The van der Waals surface area contributed by atoms with Crippen LogP contribution in [0.3, 0.4) is 0 Å². The van der Waals surface area contributed by atoms with Gasteiger partial charge in [-0.05, 0) is 34.1 Å². The Morgan fingerprint density at radius 2 is 1.67 bits per heavy atom. The third kappa shape index (κ3) is 2.49. The summed E-state index contributed by atoms with van der Waals surface area (Å²) < 4.78 is 15.7. The third-order valence-corrected chi connectivity index (χ3v) is 4.50. The monoisotopic (exact) mass is 409 g/mol. The number of H-pyrrole nitrogens is 1. The molecule has 0 amide bonds. The van der Waals surface area contributed by atoms with Gasteiger partial charge >= 0.3 is 0 Å². The minimum atomic E-state index is -0.346. The quantitative estimate of drug-likeness (QED) is 0.625. The molecule has 3 rings (SSSR count). The molecule has 3 N–H and O–H groups in total. The number of nitrogens with two attached hydrogens (primary N) is 1. The normalized spacial score (nSPS) is 10.8. The molecule has 0 aliphatic carbocycles. The van der Waals surface area contributed by atoms with Crippen LogP contribution >= 0.6 is 31.9 Å². The smallest absolute Gasteiger partial charge is 0.153 e. The van der Waals surface area contributed by atoms with E-state index in [1.165, 1.54) is 6.07 Å². The molecule has 0 atom stereocenters. The van der Waals surface area contributed by atoms with Crippen LogP contribution in [-0.2, 0) is 0 Å². The zero-order chi connectivity index (χ0) is 15.0. The number of aromatic nitrogens is 2. The highest BCUT2D eigenvalue weighted by Gasteiger charge is 2.20. The van der Waals surface area contributed by atoms with E-state index in [1.807, 2.05) is 24.3 Å². The fraction of sp³-hybridized carbons (Fsp3) is 0. The zero-order valence-corrected chi connectivity index (χ0v) is 13.9. The first-order chi connectivity index (χ1) is 10.1. The molecular weight excluding hydrogens is 401 g/mol. The summed E-state index contributed by atoms with van der Waals surface area (Å²) in [5.74, 6) is -0.0200. The van der Waals surface area contributed by atoms with Crippen LogP contribution in [-0.4, -0.2) is 10.2 Å². The fourth-order valence-electron chi connectivity index (χ4n) is 2.21. The topological polar surface area (TPSA) is 54.7 Å². The summed E-state index contributed by atoms with van der Waals surface area (Å²) in [5.41, 5.74) is 8.46. The SMILES string of the molecule is Nc1n[nH]c(-c2c(F)cccc2Br)c1-c1ccccc1Br. The number of nitrogen functional groups attached to an aromatic ring is 1. The van der Waals surface area contributed by atoms with Gasteiger partial charge in [0, 0.05) is 14.5 Å². The molecule has 1 aromatic heterocycles. The van der Waals surface area contributed by atoms with Gasteiger partial charge in [-0.2, -0.15) is 5.10 Å². The molecule has 0 fully saturated rings. The summed E-state index contributed by atoms with van der Waals surface area (Å²) >= 11 is 6.87. The zero-order valence-electron chi connectivity index (χ0n) is 10.7. The van der Waals surface area contributed by atoms with Gasteiger partial charge in [-0.1, -0.05) is 40.2 Å². The van der Waals surface area contributed by atoms with Crippen LogP contribution in [0.15, 0.2) is 51.4 Å². The fourth-order valence-corrected chi connectivity index (χ4v) is 3.23. The molecule has 0 spiro atoms. The maximum Gasteiger partial charge on any atom is 0.153 e. The second-order valence-corrected chi connectivity index (χ2v) is 6.14. The van der Waals surface area contributed by atoms with Gasteiger partial charge in [-0.3, -0.25) is 5.10 Å². The highest BCUT2D eigenvalue weighted by molar-refractivity contribution is 9.11. The molecule has 0 aliphatic rings. The summed E-state index contributed by atoms with van der Waals surface area (Å²) in [4.78, 5) is 0. The Morgan fingerprint density at radius 1 is 0.952 bits per heavy atom. The predicted octanol–water partition coefficient (Wildman–Crippen LogP) is 4.99. The third-order valence-electron chi connectivity index (χ3n) is 3.15. The van der Waals surface area contributed by atoms with E-state index < -0.39 is 0 Å². The lowest BCUT2D eigenvalue weighted by atomic mass is 10.0. The largest absolute Gasteiger partial charge is 0.382 e. The average Bonchev–Trinajstić information content (AvgIpc) is 2.81. The van der Waals surface area contributed by atoms with Gasteiger partial charge in [0.15, 0.2) is 5.82 Å². The van der Waals surface area contributed by atoms with Crippen molar-refractivity contribution in [3.05, 3.63) is 57.2 Å². The standard InChI is InChI=1S/C15H10Br2FN3/c16-9-5-2-1-4-8(9)12-14(20-21-15(12)19)13-10(17)6-3-7-11(13)18/h1-7H,(H3,19,20,21). The Morgan fingerprint density at radius 3 is 2.38 bits per heavy atom. The van der Waals surface area contributed by atoms with Crippen LogP contribution in [0.5, 0.6) is 0 Å². The number of hydrogen-bond acceptors (Lipinski definition) is 2. The minimum Gasteiger partial charge on any atom is -0.382 e. The van der Waals surface area contributed by atoms with Crippen LogP contribution in [0.1, 0.15) is 0 Å². The van der Waals surface area contributed by atoms with Crippen LogP contribution in [0.4, 0.5) is 10.2 Å². The van der Waals surface area contributed by atoms with E-state index in [0.29, 0.717) is 27.1 Å². The molecule has 0 radical (unpaired) electrons. The number of rotatable bonds is 2. The molecule has 3 aromatic rings. The Bertz CT molecular complexity index is 794. The first kappa shape index (κ1) is 14.3. The van der Waals surface area contributed by atoms with E-state index in [0.717, 1.165) is 10.0 Å². The van der Waals surface area contributed by atoms with Crippen LogP contribution in [0, 0.1) is 5.82 Å².